The molecule has 0 aromatic heterocycles. The lowest BCUT2D eigenvalue weighted by molar-refractivity contribution is -0.112. The molecule has 1 aromatic carbocycles. The number of rotatable bonds is 3. The zero-order chi connectivity index (χ0) is 13.2. The summed E-state index contributed by atoms with van der Waals surface area (Å²) in [5, 5.41) is 3.53. The number of halogens is 2. The lowest BCUT2D eigenvalue weighted by Gasteiger charge is -2.39. The van der Waals surface area contributed by atoms with E-state index in [-0.39, 0.29) is 22.5 Å². The lowest BCUT2D eigenvalue weighted by atomic mass is 9.96. The summed E-state index contributed by atoms with van der Waals surface area (Å²) in [6.07, 6.45) is 2.02. The molecule has 1 saturated heterocycles. The van der Waals surface area contributed by atoms with Crippen LogP contribution in [-0.4, -0.2) is 18.7 Å². The van der Waals surface area contributed by atoms with Gasteiger partial charge in [-0.15, -0.1) is 0 Å². The molecule has 2 atom stereocenters. The van der Waals surface area contributed by atoms with E-state index in [9.17, 15) is 4.39 Å². The van der Waals surface area contributed by atoms with Crippen LogP contribution in [0.1, 0.15) is 38.4 Å². The first-order valence-corrected chi connectivity index (χ1v) is 6.75. The van der Waals surface area contributed by atoms with Gasteiger partial charge in [0.1, 0.15) is 5.82 Å². The largest absolute Gasteiger partial charge is 0.365 e. The van der Waals surface area contributed by atoms with Crippen LogP contribution in [0.2, 0.25) is 5.02 Å². The van der Waals surface area contributed by atoms with Crippen LogP contribution >= 0.6 is 11.6 Å². The van der Waals surface area contributed by atoms with Crippen molar-refractivity contribution in [3.05, 3.63) is 34.6 Å². The molecule has 0 saturated carbocycles. The second-order valence-corrected chi connectivity index (χ2v) is 5.52. The topological polar surface area (TPSA) is 21.3 Å². The Balaban J connectivity index is 2.15. The van der Waals surface area contributed by atoms with Crippen LogP contribution in [0.5, 0.6) is 0 Å². The quantitative estimate of drug-likeness (QED) is 0.905. The highest BCUT2D eigenvalue weighted by atomic mass is 35.5. The highest BCUT2D eigenvalue weighted by Gasteiger charge is 2.32. The maximum absolute atomic E-state index is 13.2. The summed E-state index contributed by atoms with van der Waals surface area (Å²) in [5.41, 5.74) is 0.773. The molecule has 1 aliphatic rings. The van der Waals surface area contributed by atoms with E-state index in [0.717, 1.165) is 31.5 Å². The normalized spacial score (nSPS) is 28.3. The predicted octanol–water partition coefficient (Wildman–Crippen LogP) is 3.70. The van der Waals surface area contributed by atoms with Crippen LogP contribution in [-0.2, 0) is 4.74 Å². The standard InChI is InChI=1S/C14H19ClFNO/c1-3-6-14(2)9-17-8-13(18-14)10-4-5-12(16)11(15)7-10/h4-5,7,13,17H,3,6,8-9H2,1-2H3. The van der Waals surface area contributed by atoms with E-state index in [0.29, 0.717) is 0 Å². The number of hydrogen-bond acceptors (Lipinski definition) is 2. The Labute approximate surface area is 112 Å². The smallest absolute Gasteiger partial charge is 0.141 e. The second-order valence-electron chi connectivity index (χ2n) is 5.11. The summed E-state index contributed by atoms with van der Waals surface area (Å²) in [5.74, 6) is -0.388. The van der Waals surface area contributed by atoms with Crippen LogP contribution in [0.3, 0.4) is 0 Å². The second kappa shape index (κ2) is 5.55. The van der Waals surface area contributed by atoms with E-state index in [4.69, 9.17) is 16.3 Å². The fourth-order valence-electron chi connectivity index (χ4n) is 2.47. The third-order valence-electron chi connectivity index (χ3n) is 3.35. The molecule has 1 aliphatic heterocycles. The Bertz CT molecular complexity index is 422. The van der Waals surface area contributed by atoms with Crippen LogP contribution < -0.4 is 5.32 Å². The zero-order valence-electron chi connectivity index (χ0n) is 10.8. The minimum absolute atomic E-state index is 0.0617. The molecule has 100 valence electrons. The van der Waals surface area contributed by atoms with Crippen molar-refractivity contribution in [2.24, 2.45) is 0 Å². The minimum atomic E-state index is -0.388. The molecular weight excluding hydrogens is 253 g/mol. The molecule has 0 radical (unpaired) electrons. The third kappa shape index (κ3) is 3.02. The number of morpholine rings is 1. The van der Waals surface area contributed by atoms with E-state index in [1.807, 2.05) is 0 Å². The van der Waals surface area contributed by atoms with E-state index in [1.54, 1.807) is 12.1 Å². The van der Waals surface area contributed by atoms with Gasteiger partial charge in [0.25, 0.3) is 0 Å². The average molecular weight is 272 g/mol. The van der Waals surface area contributed by atoms with Crippen molar-refractivity contribution in [1.29, 1.82) is 0 Å². The fraction of sp³-hybridized carbons (Fsp3) is 0.571. The molecule has 1 aromatic rings. The Morgan fingerprint density at radius 2 is 2.33 bits per heavy atom. The van der Waals surface area contributed by atoms with Gasteiger partial charge in [0, 0.05) is 13.1 Å². The maximum atomic E-state index is 13.2. The van der Waals surface area contributed by atoms with Crippen molar-refractivity contribution in [2.45, 2.75) is 38.4 Å². The van der Waals surface area contributed by atoms with Crippen LogP contribution in [0.25, 0.3) is 0 Å². The molecule has 2 nitrogen and oxygen atoms in total. The molecule has 2 unspecified atom stereocenters. The zero-order valence-corrected chi connectivity index (χ0v) is 11.6. The summed E-state index contributed by atoms with van der Waals surface area (Å²) in [7, 11) is 0. The van der Waals surface area contributed by atoms with Gasteiger partial charge >= 0.3 is 0 Å². The van der Waals surface area contributed by atoms with E-state index in [1.165, 1.54) is 6.07 Å². The Kier molecular flexibility index (Phi) is 4.25. The van der Waals surface area contributed by atoms with Gasteiger partial charge in [-0.25, -0.2) is 4.39 Å². The van der Waals surface area contributed by atoms with Crippen molar-refractivity contribution in [3.63, 3.8) is 0 Å². The first-order valence-electron chi connectivity index (χ1n) is 6.37. The van der Waals surface area contributed by atoms with Gasteiger partial charge < -0.3 is 10.1 Å². The molecule has 4 heteroatoms. The molecule has 0 amide bonds. The van der Waals surface area contributed by atoms with Crippen LogP contribution in [0, 0.1) is 5.82 Å². The highest BCUT2D eigenvalue weighted by Crippen LogP contribution is 2.31. The molecule has 0 aliphatic carbocycles. The molecule has 0 bridgehead atoms. The van der Waals surface area contributed by atoms with Crippen LogP contribution in [0.15, 0.2) is 18.2 Å². The van der Waals surface area contributed by atoms with Gasteiger partial charge in [0.05, 0.1) is 16.7 Å². The summed E-state index contributed by atoms with van der Waals surface area (Å²) in [6.45, 7) is 5.85. The molecule has 2 rings (SSSR count). The van der Waals surface area contributed by atoms with Gasteiger partial charge in [0.15, 0.2) is 0 Å². The van der Waals surface area contributed by atoms with Gasteiger partial charge in [-0.2, -0.15) is 0 Å². The molecule has 1 fully saturated rings. The summed E-state index contributed by atoms with van der Waals surface area (Å²) >= 11 is 5.81. The molecular formula is C14H19ClFNO. The third-order valence-corrected chi connectivity index (χ3v) is 3.64. The number of nitrogens with one attached hydrogen (secondary N) is 1. The minimum Gasteiger partial charge on any atom is -0.365 e. The van der Waals surface area contributed by atoms with Crippen molar-refractivity contribution in [3.8, 4) is 0 Å². The fourth-order valence-corrected chi connectivity index (χ4v) is 2.66. The SMILES string of the molecule is CCCC1(C)CNCC(c2ccc(F)c(Cl)c2)O1. The Hall–Kier alpha value is -0.640. The van der Waals surface area contributed by atoms with Gasteiger partial charge in [-0.05, 0) is 31.0 Å². The maximum Gasteiger partial charge on any atom is 0.141 e. The monoisotopic (exact) mass is 271 g/mol. The van der Waals surface area contributed by atoms with Crippen molar-refractivity contribution < 1.29 is 9.13 Å². The van der Waals surface area contributed by atoms with E-state index in [2.05, 4.69) is 19.2 Å². The predicted molar refractivity (Wildman–Crippen MR) is 71.4 cm³/mol. The van der Waals surface area contributed by atoms with Gasteiger partial charge in [-0.3, -0.25) is 0 Å². The first kappa shape index (κ1) is 13.8. The van der Waals surface area contributed by atoms with Crippen molar-refractivity contribution >= 4 is 11.6 Å². The molecule has 1 heterocycles. The van der Waals surface area contributed by atoms with E-state index >= 15 is 0 Å². The van der Waals surface area contributed by atoms with Crippen molar-refractivity contribution in [1.82, 2.24) is 5.32 Å². The Morgan fingerprint density at radius 1 is 1.56 bits per heavy atom. The average Bonchev–Trinajstić information content (AvgIpc) is 2.32. The van der Waals surface area contributed by atoms with Crippen molar-refractivity contribution in [2.75, 3.05) is 13.1 Å². The number of hydrogen-bond donors (Lipinski definition) is 1. The lowest BCUT2D eigenvalue weighted by Crippen LogP contribution is -2.48. The molecule has 0 spiro atoms. The summed E-state index contributed by atoms with van der Waals surface area (Å²) < 4.78 is 19.3. The number of ether oxygens (including phenoxy) is 1. The summed E-state index contributed by atoms with van der Waals surface area (Å²) in [6, 6.07) is 4.79. The van der Waals surface area contributed by atoms with E-state index < -0.39 is 0 Å². The van der Waals surface area contributed by atoms with Gasteiger partial charge in [-0.1, -0.05) is 31.0 Å². The summed E-state index contributed by atoms with van der Waals surface area (Å²) in [4.78, 5) is 0. The first-order chi connectivity index (χ1) is 8.54. The highest BCUT2D eigenvalue weighted by molar-refractivity contribution is 6.30. The van der Waals surface area contributed by atoms with Crippen LogP contribution in [0.4, 0.5) is 4.39 Å². The molecule has 1 N–H and O–H groups in total. The number of benzene rings is 1. The Morgan fingerprint density at radius 3 is 3.00 bits per heavy atom. The van der Waals surface area contributed by atoms with Gasteiger partial charge in [0.2, 0.25) is 0 Å². The molecule has 18 heavy (non-hydrogen) atoms.